The molecular formula is C17H18F3N3O4. The van der Waals surface area contributed by atoms with Crippen molar-refractivity contribution in [2.24, 2.45) is 0 Å². The molecule has 0 unspecified atom stereocenters. The number of esters is 1. The average molecular weight is 385 g/mol. The maximum Gasteiger partial charge on any atom is 0.416 e. The first-order valence-electron chi connectivity index (χ1n) is 8.15. The van der Waals surface area contributed by atoms with Crippen LogP contribution in [0, 0.1) is 0 Å². The van der Waals surface area contributed by atoms with E-state index in [2.05, 4.69) is 16.9 Å². The number of ether oxygens (including phenoxy) is 1. The topological polar surface area (TPSA) is 83.3 Å². The van der Waals surface area contributed by atoms with E-state index in [0.29, 0.717) is 29.7 Å². The molecule has 2 rings (SSSR count). The Morgan fingerprint density at radius 1 is 1.22 bits per heavy atom. The van der Waals surface area contributed by atoms with Gasteiger partial charge in [-0.25, -0.2) is 9.59 Å². The number of aromatic nitrogens is 3. The second-order valence-corrected chi connectivity index (χ2v) is 5.85. The van der Waals surface area contributed by atoms with E-state index in [4.69, 9.17) is 9.57 Å². The molecule has 0 fully saturated rings. The zero-order valence-electron chi connectivity index (χ0n) is 14.6. The van der Waals surface area contributed by atoms with Gasteiger partial charge in [0.1, 0.15) is 11.0 Å². The summed E-state index contributed by atoms with van der Waals surface area (Å²) >= 11 is 0. The fourth-order valence-electron chi connectivity index (χ4n) is 2.12. The summed E-state index contributed by atoms with van der Waals surface area (Å²) in [5.74, 6) is -1.12. The monoisotopic (exact) mass is 385 g/mol. The molecule has 0 radical (unpaired) electrons. The number of hydrogen-bond donors (Lipinski definition) is 0. The van der Waals surface area contributed by atoms with Gasteiger partial charge in [-0.15, -0.1) is 5.10 Å². The second kappa shape index (κ2) is 8.65. The third-order valence-corrected chi connectivity index (χ3v) is 3.54. The molecule has 0 aliphatic heterocycles. The lowest BCUT2D eigenvalue weighted by Crippen LogP contribution is -2.21. The van der Waals surface area contributed by atoms with E-state index in [9.17, 15) is 22.8 Å². The number of halogens is 3. The fraction of sp³-hybridized carbons (Fsp3) is 0.412. The Hall–Kier alpha value is -2.91. The number of rotatable bonds is 8. The molecule has 1 heterocycles. The van der Waals surface area contributed by atoms with Gasteiger partial charge >= 0.3 is 18.1 Å². The van der Waals surface area contributed by atoms with Crippen molar-refractivity contribution in [2.75, 3.05) is 6.61 Å². The van der Waals surface area contributed by atoms with Gasteiger partial charge in [0.2, 0.25) is 0 Å². The third-order valence-electron chi connectivity index (χ3n) is 3.54. The maximum atomic E-state index is 12.8. The van der Waals surface area contributed by atoms with Crippen molar-refractivity contribution in [3.8, 4) is 0 Å². The Morgan fingerprint density at radius 2 is 1.96 bits per heavy atom. The number of alkyl halides is 3. The zero-order chi connectivity index (χ0) is 20.0. The van der Waals surface area contributed by atoms with Gasteiger partial charge in [-0.2, -0.15) is 13.2 Å². The number of hydrogen-bond acceptors (Lipinski definition) is 6. The molecule has 7 nitrogen and oxygen atoms in total. The molecule has 1 aromatic carbocycles. The molecule has 0 atom stereocenters. The van der Waals surface area contributed by atoms with E-state index in [1.807, 2.05) is 0 Å². The minimum Gasteiger partial charge on any atom is -0.462 e. The second-order valence-electron chi connectivity index (χ2n) is 5.85. The third kappa shape index (κ3) is 5.80. The van der Waals surface area contributed by atoms with Crippen LogP contribution in [0.5, 0.6) is 0 Å². The Morgan fingerprint density at radius 3 is 2.63 bits per heavy atom. The van der Waals surface area contributed by atoms with Crippen LogP contribution >= 0.6 is 0 Å². The molecule has 0 amide bonds. The van der Waals surface area contributed by atoms with Gasteiger partial charge in [0, 0.05) is 12.0 Å². The average Bonchev–Trinajstić information content (AvgIpc) is 2.99. The van der Waals surface area contributed by atoms with Crippen molar-refractivity contribution in [2.45, 2.75) is 38.8 Å². The number of carbonyl (C=O) groups excluding carboxylic acids is 2. The quantitative estimate of drug-likeness (QED) is 0.301. The van der Waals surface area contributed by atoms with Crippen LogP contribution < -0.4 is 4.84 Å². The van der Waals surface area contributed by atoms with Crippen molar-refractivity contribution < 1.29 is 32.3 Å². The van der Waals surface area contributed by atoms with Crippen LogP contribution in [-0.4, -0.2) is 33.7 Å². The molecule has 146 valence electrons. The molecule has 2 aromatic rings. The Balaban J connectivity index is 1.82. The Kier molecular flexibility index (Phi) is 6.54. The predicted molar refractivity (Wildman–Crippen MR) is 88.4 cm³/mol. The maximum absolute atomic E-state index is 12.8. The molecule has 0 spiro atoms. The van der Waals surface area contributed by atoms with Crippen LogP contribution in [0.25, 0.3) is 11.0 Å². The van der Waals surface area contributed by atoms with E-state index in [1.54, 1.807) is 6.92 Å². The molecule has 10 heteroatoms. The predicted octanol–water partition coefficient (Wildman–Crippen LogP) is 3.09. The highest BCUT2D eigenvalue weighted by Gasteiger charge is 2.31. The van der Waals surface area contributed by atoms with Gasteiger partial charge in [-0.1, -0.05) is 11.4 Å². The molecule has 0 aliphatic carbocycles. The van der Waals surface area contributed by atoms with Crippen LogP contribution in [0.4, 0.5) is 13.2 Å². The molecule has 0 aliphatic rings. The summed E-state index contributed by atoms with van der Waals surface area (Å²) < 4.78 is 43.3. The summed E-state index contributed by atoms with van der Waals surface area (Å²) in [6.45, 7) is 5.22. The van der Waals surface area contributed by atoms with Crippen LogP contribution in [0.15, 0.2) is 30.4 Å². The first-order chi connectivity index (χ1) is 12.7. The van der Waals surface area contributed by atoms with Gasteiger partial charge in [-0.05, 0) is 49.6 Å². The fourth-order valence-corrected chi connectivity index (χ4v) is 2.12. The number of benzene rings is 1. The lowest BCUT2D eigenvalue weighted by Gasteiger charge is -2.07. The van der Waals surface area contributed by atoms with Crippen molar-refractivity contribution in [3.63, 3.8) is 0 Å². The molecular weight excluding hydrogens is 367 g/mol. The molecule has 27 heavy (non-hydrogen) atoms. The largest absolute Gasteiger partial charge is 0.462 e. The molecule has 0 saturated carbocycles. The lowest BCUT2D eigenvalue weighted by atomic mass is 10.2. The number of nitrogens with zero attached hydrogens (tertiary/aromatic N) is 3. The standard InChI is InChI=1S/C17H18F3N3O4/c1-11(2)16(25)26-9-5-3-4-6-15(24)27-23-14-10-12(17(18,19)20)7-8-13(14)21-22-23/h7-8,10H,1,3-6,9H2,2H3. The van der Waals surface area contributed by atoms with Gasteiger partial charge in [0.25, 0.3) is 0 Å². The summed E-state index contributed by atoms with van der Waals surface area (Å²) in [6.07, 6.45) is -2.86. The van der Waals surface area contributed by atoms with Gasteiger partial charge in [-0.3, -0.25) is 0 Å². The highest BCUT2D eigenvalue weighted by Crippen LogP contribution is 2.30. The normalized spacial score (nSPS) is 11.4. The highest BCUT2D eigenvalue weighted by molar-refractivity contribution is 5.86. The lowest BCUT2D eigenvalue weighted by molar-refractivity contribution is -0.145. The number of unbranched alkanes of at least 4 members (excludes halogenated alkanes) is 2. The van der Waals surface area contributed by atoms with E-state index in [1.165, 1.54) is 0 Å². The van der Waals surface area contributed by atoms with Gasteiger partial charge in [0.15, 0.2) is 0 Å². The summed E-state index contributed by atoms with van der Waals surface area (Å²) in [6, 6.07) is 2.85. The number of carbonyl (C=O) groups is 2. The van der Waals surface area contributed by atoms with Crippen LogP contribution in [0.2, 0.25) is 0 Å². The first-order valence-corrected chi connectivity index (χ1v) is 8.15. The minimum absolute atomic E-state index is 0.0365. The van der Waals surface area contributed by atoms with E-state index < -0.39 is 23.7 Å². The highest BCUT2D eigenvalue weighted by atomic mass is 19.4. The summed E-state index contributed by atoms with van der Waals surface area (Å²) in [4.78, 5) is 28.6. The van der Waals surface area contributed by atoms with Crippen molar-refractivity contribution in [3.05, 3.63) is 35.9 Å². The van der Waals surface area contributed by atoms with Crippen LogP contribution in [-0.2, 0) is 20.5 Å². The summed E-state index contributed by atoms with van der Waals surface area (Å²) in [5.41, 5.74) is -0.453. The molecule has 0 N–H and O–H groups in total. The van der Waals surface area contributed by atoms with Crippen molar-refractivity contribution in [1.82, 2.24) is 15.2 Å². The van der Waals surface area contributed by atoms with Gasteiger partial charge in [0.05, 0.1) is 12.2 Å². The first kappa shape index (κ1) is 20.4. The van der Waals surface area contributed by atoms with Gasteiger partial charge < -0.3 is 9.57 Å². The minimum atomic E-state index is -4.53. The number of fused-ring (bicyclic) bond motifs is 1. The molecule has 1 aromatic heterocycles. The summed E-state index contributed by atoms with van der Waals surface area (Å²) in [5, 5.41) is 7.20. The molecule has 0 bridgehead atoms. The van der Waals surface area contributed by atoms with Crippen LogP contribution in [0.3, 0.4) is 0 Å². The Labute approximate surface area is 152 Å². The van der Waals surface area contributed by atoms with Crippen molar-refractivity contribution >= 4 is 23.0 Å². The van der Waals surface area contributed by atoms with E-state index >= 15 is 0 Å². The van der Waals surface area contributed by atoms with Crippen molar-refractivity contribution in [1.29, 1.82) is 0 Å². The molecule has 0 saturated heterocycles. The Bertz CT molecular complexity index is 846. The van der Waals surface area contributed by atoms with E-state index in [0.717, 1.165) is 18.2 Å². The SMILES string of the molecule is C=C(C)C(=O)OCCCCCC(=O)On1nnc2ccc(C(F)(F)F)cc21. The zero-order valence-corrected chi connectivity index (χ0v) is 14.6. The van der Waals surface area contributed by atoms with Crippen LogP contribution in [0.1, 0.15) is 38.2 Å². The van der Waals surface area contributed by atoms with E-state index in [-0.39, 0.29) is 24.1 Å². The smallest absolute Gasteiger partial charge is 0.416 e. The summed E-state index contributed by atoms with van der Waals surface area (Å²) in [7, 11) is 0.